The van der Waals surface area contributed by atoms with Crippen LogP contribution in [0.15, 0.2) is 18.2 Å². The largest absolute Gasteiger partial charge is 0.487 e. The van der Waals surface area contributed by atoms with Gasteiger partial charge in [0.05, 0.1) is 6.10 Å². The lowest BCUT2D eigenvalue weighted by atomic mass is 9.98. The summed E-state index contributed by atoms with van der Waals surface area (Å²) in [5.74, 6) is 0.479. The average molecular weight is 226 g/mol. The lowest BCUT2D eigenvalue weighted by Gasteiger charge is -2.29. The fourth-order valence-electron chi connectivity index (χ4n) is 1.91. The van der Waals surface area contributed by atoms with Crippen LogP contribution in [-0.4, -0.2) is 17.3 Å². The highest BCUT2D eigenvalue weighted by Gasteiger charge is 2.25. The maximum absolute atomic E-state index is 12.9. The van der Waals surface area contributed by atoms with E-state index in [9.17, 15) is 9.50 Å². The van der Waals surface area contributed by atoms with Gasteiger partial charge in [0, 0.05) is 0 Å². The molecule has 0 bridgehead atoms. The minimum atomic E-state index is -0.428. The molecular formula is C13H19FO2. The zero-order valence-corrected chi connectivity index (χ0v) is 8.74. The Kier molecular flexibility index (Phi) is 4.30. The van der Waals surface area contributed by atoms with Crippen LogP contribution in [0, 0.1) is 5.82 Å². The van der Waals surface area contributed by atoms with Gasteiger partial charge in [-0.05, 0) is 43.0 Å². The Morgan fingerprint density at radius 2 is 2.31 bits per heavy atom. The molecule has 1 aromatic carbocycles. The molecule has 0 aromatic heterocycles. The number of ether oxygens (including phenoxy) is 1. The highest BCUT2D eigenvalue weighted by Crippen LogP contribution is 2.29. The Hall–Kier alpha value is -1.09. The summed E-state index contributed by atoms with van der Waals surface area (Å²) >= 11 is 0. The minimum absolute atomic E-state index is 0. The molecule has 3 heteroatoms. The molecule has 2 atom stereocenters. The number of rotatable bonds is 2. The molecule has 2 nitrogen and oxygen atoms in total. The van der Waals surface area contributed by atoms with E-state index in [2.05, 4.69) is 0 Å². The minimum Gasteiger partial charge on any atom is -0.487 e. The van der Waals surface area contributed by atoms with E-state index in [1.165, 1.54) is 12.1 Å². The molecule has 1 aliphatic heterocycles. The molecule has 0 radical (unpaired) electrons. The first-order valence-corrected chi connectivity index (χ1v) is 5.34. The molecular weight excluding hydrogens is 207 g/mol. The maximum Gasteiger partial charge on any atom is 0.125 e. The van der Waals surface area contributed by atoms with Crippen LogP contribution in [0.1, 0.15) is 32.8 Å². The summed E-state index contributed by atoms with van der Waals surface area (Å²) in [4.78, 5) is 0. The van der Waals surface area contributed by atoms with Crippen LogP contribution < -0.4 is 4.74 Å². The van der Waals surface area contributed by atoms with Gasteiger partial charge in [-0.1, -0.05) is 14.4 Å². The van der Waals surface area contributed by atoms with Crippen LogP contribution in [0.3, 0.4) is 0 Å². The molecule has 90 valence electrons. The molecule has 0 fully saturated rings. The molecule has 0 saturated carbocycles. The Bertz CT molecular complexity index is 352. The van der Waals surface area contributed by atoms with Crippen molar-refractivity contribution >= 4 is 0 Å². The van der Waals surface area contributed by atoms with Crippen molar-refractivity contribution in [1.82, 2.24) is 0 Å². The monoisotopic (exact) mass is 226 g/mol. The van der Waals surface area contributed by atoms with Gasteiger partial charge in [0.1, 0.15) is 17.7 Å². The summed E-state index contributed by atoms with van der Waals surface area (Å²) in [6.45, 7) is 1.92. The number of aliphatic hydroxyl groups is 1. The van der Waals surface area contributed by atoms with Crippen LogP contribution in [-0.2, 0) is 6.42 Å². The van der Waals surface area contributed by atoms with Crippen molar-refractivity contribution in [1.29, 1.82) is 0 Å². The second-order valence-electron chi connectivity index (χ2n) is 3.92. The zero-order chi connectivity index (χ0) is 10.8. The molecule has 1 aromatic rings. The molecule has 1 aliphatic rings. The number of fused-ring (bicyclic) bond motifs is 1. The van der Waals surface area contributed by atoms with Crippen molar-refractivity contribution in [3.8, 4) is 5.75 Å². The van der Waals surface area contributed by atoms with Gasteiger partial charge in [-0.25, -0.2) is 4.39 Å². The van der Waals surface area contributed by atoms with Gasteiger partial charge in [0.15, 0.2) is 0 Å². The van der Waals surface area contributed by atoms with E-state index in [4.69, 9.17) is 4.74 Å². The summed E-state index contributed by atoms with van der Waals surface area (Å²) in [5.41, 5.74) is 0.898. The maximum atomic E-state index is 12.9. The number of aryl methyl sites for hydroxylation is 1. The molecule has 1 heterocycles. The first-order valence-electron chi connectivity index (χ1n) is 5.34. The summed E-state index contributed by atoms with van der Waals surface area (Å²) in [5, 5.41) is 9.66. The van der Waals surface area contributed by atoms with Crippen molar-refractivity contribution in [3.05, 3.63) is 29.6 Å². The molecule has 0 saturated heterocycles. The normalized spacial score (nSPS) is 20.3. The fraction of sp³-hybridized carbons (Fsp3) is 0.538. The van der Waals surface area contributed by atoms with Crippen LogP contribution in [0.5, 0.6) is 5.75 Å². The quantitative estimate of drug-likeness (QED) is 0.840. The lowest BCUT2D eigenvalue weighted by Crippen LogP contribution is -2.34. The van der Waals surface area contributed by atoms with Gasteiger partial charge < -0.3 is 9.84 Å². The average Bonchev–Trinajstić information content (AvgIpc) is 2.27. The molecule has 0 spiro atoms. The SMILES string of the molecule is C.CC[C@H](O)[C@H]1CCc2cc(F)ccc2O1. The molecule has 2 rings (SSSR count). The second-order valence-corrected chi connectivity index (χ2v) is 3.92. The number of hydrogen-bond donors (Lipinski definition) is 1. The topological polar surface area (TPSA) is 29.5 Å². The third kappa shape index (κ3) is 2.53. The van der Waals surface area contributed by atoms with Gasteiger partial charge in [0.2, 0.25) is 0 Å². The standard InChI is InChI=1S/C12H15FO2.CH4/c1-2-10(14)12-5-3-8-7-9(13)4-6-11(8)15-12;/h4,6-7,10,12,14H,2-3,5H2,1H3;1H4/t10-,12+;/m0./s1. The first kappa shape index (κ1) is 13.0. The van der Waals surface area contributed by atoms with E-state index in [1.54, 1.807) is 6.07 Å². The number of benzene rings is 1. The van der Waals surface area contributed by atoms with Crippen LogP contribution in [0.4, 0.5) is 4.39 Å². The number of halogens is 1. The van der Waals surface area contributed by atoms with Crippen molar-refractivity contribution < 1.29 is 14.2 Å². The molecule has 0 amide bonds. The third-order valence-corrected chi connectivity index (χ3v) is 2.85. The van der Waals surface area contributed by atoms with E-state index in [-0.39, 0.29) is 19.3 Å². The van der Waals surface area contributed by atoms with Crippen LogP contribution >= 0.6 is 0 Å². The number of hydrogen-bond acceptors (Lipinski definition) is 2. The van der Waals surface area contributed by atoms with Gasteiger partial charge in [-0.3, -0.25) is 0 Å². The summed E-state index contributed by atoms with van der Waals surface area (Å²) in [7, 11) is 0. The number of aliphatic hydroxyl groups excluding tert-OH is 1. The van der Waals surface area contributed by atoms with Crippen LogP contribution in [0.25, 0.3) is 0 Å². The van der Waals surface area contributed by atoms with E-state index < -0.39 is 6.10 Å². The summed E-state index contributed by atoms with van der Waals surface area (Å²) in [6.07, 6.45) is 1.64. The van der Waals surface area contributed by atoms with Crippen LogP contribution in [0.2, 0.25) is 0 Å². The van der Waals surface area contributed by atoms with Crippen molar-refractivity contribution in [2.24, 2.45) is 0 Å². The summed E-state index contributed by atoms with van der Waals surface area (Å²) < 4.78 is 18.5. The van der Waals surface area contributed by atoms with E-state index in [0.717, 1.165) is 18.4 Å². The van der Waals surface area contributed by atoms with Gasteiger partial charge in [-0.15, -0.1) is 0 Å². The first-order chi connectivity index (χ1) is 7.20. The predicted molar refractivity (Wildman–Crippen MR) is 62.2 cm³/mol. The predicted octanol–water partition coefficient (Wildman–Crippen LogP) is 2.93. The highest BCUT2D eigenvalue weighted by atomic mass is 19.1. The van der Waals surface area contributed by atoms with Crippen molar-refractivity contribution in [2.75, 3.05) is 0 Å². The Balaban J connectivity index is 0.00000128. The van der Waals surface area contributed by atoms with Gasteiger partial charge >= 0.3 is 0 Å². The Morgan fingerprint density at radius 1 is 1.56 bits per heavy atom. The fourth-order valence-corrected chi connectivity index (χ4v) is 1.91. The molecule has 16 heavy (non-hydrogen) atoms. The summed E-state index contributed by atoms with van der Waals surface area (Å²) in [6, 6.07) is 4.53. The Labute approximate surface area is 96.1 Å². The molecule has 0 aliphatic carbocycles. The second kappa shape index (κ2) is 5.30. The smallest absolute Gasteiger partial charge is 0.125 e. The van der Waals surface area contributed by atoms with E-state index >= 15 is 0 Å². The zero-order valence-electron chi connectivity index (χ0n) is 8.74. The van der Waals surface area contributed by atoms with E-state index in [0.29, 0.717) is 12.2 Å². The van der Waals surface area contributed by atoms with E-state index in [1.807, 2.05) is 6.92 Å². The Morgan fingerprint density at radius 3 is 3.00 bits per heavy atom. The molecule has 0 unspecified atom stereocenters. The third-order valence-electron chi connectivity index (χ3n) is 2.85. The van der Waals surface area contributed by atoms with Crippen molar-refractivity contribution in [2.45, 2.75) is 45.8 Å². The molecule has 1 N–H and O–H groups in total. The van der Waals surface area contributed by atoms with Gasteiger partial charge in [-0.2, -0.15) is 0 Å². The highest BCUT2D eigenvalue weighted by molar-refractivity contribution is 5.35. The van der Waals surface area contributed by atoms with Crippen molar-refractivity contribution in [3.63, 3.8) is 0 Å². The lowest BCUT2D eigenvalue weighted by molar-refractivity contribution is 0.0219. The van der Waals surface area contributed by atoms with Gasteiger partial charge in [0.25, 0.3) is 0 Å².